The quantitative estimate of drug-likeness (QED) is 0.767. The van der Waals surface area contributed by atoms with E-state index in [-0.39, 0.29) is 15.0 Å². The van der Waals surface area contributed by atoms with Gasteiger partial charge in [-0.1, -0.05) is 0 Å². The average Bonchev–Trinajstić information content (AvgIpc) is 2.48. The summed E-state index contributed by atoms with van der Waals surface area (Å²) in [6.07, 6.45) is 4.70. The second-order valence-corrected chi connectivity index (χ2v) is 7.34. The van der Waals surface area contributed by atoms with Gasteiger partial charge in [-0.25, -0.2) is 0 Å². The van der Waals surface area contributed by atoms with Crippen molar-refractivity contribution in [3.63, 3.8) is 0 Å². The Kier molecular flexibility index (Phi) is 5.55. The van der Waals surface area contributed by atoms with Crippen molar-refractivity contribution < 1.29 is 4.79 Å². The van der Waals surface area contributed by atoms with Crippen molar-refractivity contribution in [3.05, 3.63) is 42.0 Å². The van der Waals surface area contributed by atoms with Gasteiger partial charge in [-0.3, -0.25) is 0 Å². The van der Waals surface area contributed by atoms with Crippen LogP contribution in [0.3, 0.4) is 0 Å². The first-order chi connectivity index (χ1) is 9.69. The molecule has 0 amide bonds. The number of benzene rings is 1. The third kappa shape index (κ3) is 4.31. The van der Waals surface area contributed by atoms with Gasteiger partial charge in [0.05, 0.1) is 0 Å². The molecule has 0 saturated heterocycles. The van der Waals surface area contributed by atoms with E-state index in [1.807, 2.05) is 43.5 Å². The molecule has 2 rings (SSSR count). The van der Waals surface area contributed by atoms with E-state index in [1.165, 1.54) is 0 Å². The van der Waals surface area contributed by atoms with Crippen molar-refractivity contribution in [3.8, 4) is 6.07 Å². The second-order valence-electron chi connectivity index (χ2n) is 4.97. The molecule has 1 aliphatic carbocycles. The minimum atomic E-state index is -0.0994. The number of carbonyl (C=O) groups is 1. The molecule has 0 N–H and O–H groups in total. The van der Waals surface area contributed by atoms with E-state index in [2.05, 4.69) is 11.0 Å². The van der Waals surface area contributed by atoms with Gasteiger partial charge in [-0.05, 0) is 0 Å². The van der Waals surface area contributed by atoms with Crippen molar-refractivity contribution in [2.75, 3.05) is 13.6 Å². The molecule has 0 fully saturated rings. The fourth-order valence-electron chi connectivity index (χ4n) is 2.31. The standard InChI is InChI=1S/C16H18N2OSe/c1-18(14-9-7-13(11-17)8-10-14)12-16(19)20-15-5-3-2-4-6-15/h2-7,14H,8-10,12H2,1H3. The summed E-state index contributed by atoms with van der Waals surface area (Å²) < 4.78 is 1.44. The number of hydrogen-bond donors (Lipinski definition) is 0. The molecule has 0 bridgehead atoms. The number of nitriles is 1. The Balaban J connectivity index is 1.83. The molecule has 0 radical (unpaired) electrons. The fraction of sp³-hybridized carbons (Fsp3) is 0.375. The van der Waals surface area contributed by atoms with Crippen molar-refractivity contribution >= 4 is 24.1 Å². The molecular weight excluding hydrogens is 315 g/mol. The summed E-state index contributed by atoms with van der Waals surface area (Å²) in [5.41, 5.74) is 0.884. The summed E-state index contributed by atoms with van der Waals surface area (Å²) >= 11 is -0.0994. The number of carbonyl (C=O) groups excluding carboxylic acids is 1. The first kappa shape index (κ1) is 15.0. The van der Waals surface area contributed by atoms with Crippen molar-refractivity contribution in [1.82, 2.24) is 4.90 Å². The normalized spacial score (nSPS) is 18.4. The number of rotatable bonds is 5. The van der Waals surface area contributed by atoms with Gasteiger partial charge < -0.3 is 0 Å². The van der Waals surface area contributed by atoms with E-state index in [9.17, 15) is 4.79 Å². The third-order valence-electron chi connectivity index (χ3n) is 3.50. The van der Waals surface area contributed by atoms with Gasteiger partial charge in [0.2, 0.25) is 0 Å². The summed E-state index contributed by atoms with van der Waals surface area (Å²) in [4.78, 5) is 14.2. The molecule has 1 unspecified atom stereocenters. The van der Waals surface area contributed by atoms with Crippen molar-refractivity contribution in [1.29, 1.82) is 5.26 Å². The Morgan fingerprint density at radius 3 is 2.80 bits per heavy atom. The van der Waals surface area contributed by atoms with Crippen LogP contribution < -0.4 is 4.46 Å². The van der Waals surface area contributed by atoms with Crippen LogP contribution in [0.1, 0.15) is 19.3 Å². The number of nitrogens with zero attached hydrogens (tertiary/aromatic N) is 2. The predicted octanol–water partition coefficient (Wildman–Crippen LogP) is 1.48. The number of allylic oxidation sites excluding steroid dienone is 1. The molecular formula is C16H18N2OSe. The van der Waals surface area contributed by atoms with E-state index >= 15 is 0 Å². The summed E-state index contributed by atoms with van der Waals surface area (Å²) in [6, 6.07) is 12.6. The minimum absolute atomic E-state index is 0.0994. The van der Waals surface area contributed by atoms with Crippen LogP contribution >= 0.6 is 0 Å². The zero-order valence-corrected chi connectivity index (χ0v) is 13.3. The summed E-state index contributed by atoms with van der Waals surface area (Å²) in [7, 11) is 2.01. The molecule has 1 aliphatic rings. The van der Waals surface area contributed by atoms with Crippen LogP contribution in [0, 0.1) is 11.3 Å². The fourth-order valence-corrected chi connectivity index (χ4v) is 4.04. The first-order valence-electron chi connectivity index (χ1n) is 6.74. The van der Waals surface area contributed by atoms with Crippen molar-refractivity contribution in [2.45, 2.75) is 25.3 Å². The molecule has 4 heteroatoms. The van der Waals surface area contributed by atoms with Crippen LogP contribution in [0.25, 0.3) is 0 Å². The zero-order chi connectivity index (χ0) is 14.4. The summed E-state index contributed by atoms with van der Waals surface area (Å²) in [5.74, 6) is 0. The van der Waals surface area contributed by atoms with Gasteiger partial charge in [-0.15, -0.1) is 0 Å². The van der Waals surface area contributed by atoms with Crippen LogP contribution in [0.2, 0.25) is 0 Å². The van der Waals surface area contributed by atoms with Crippen molar-refractivity contribution in [2.24, 2.45) is 0 Å². The molecule has 0 heterocycles. The average molecular weight is 333 g/mol. The summed E-state index contributed by atoms with van der Waals surface area (Å²) in [5, 5.41) is 8.84. The maximum absolute atomic E-state index is 12.1. The van der Waals surface area contributed by atoms with Gasteiger partial charge in [0, 0.05) is 0 Å². The molecule has 0 aromatic heterocycles. The number of likely N-dealkylation sites (N-methyl/N-ethyl adjacent to an activating group) is 1. The molecule has 104 valence electrons. The predicted molar refractivity (Wildman–Crippen MR) is 80.8 cm³/mol. The van der Waals surface area contributed by atoms with Crippen LogP contribution in [-0.4, -0.2) is 44.2 Å². The number of hydrogen-bond acceptors (Lipinski definition) is 3. The van der Waals surface area contributed by atoms with Gasteiger partial charge >= 0.3 is 126 Å². The van der Waals surface area contributed by atoms with Gasteiger partial charge in [0.1, 0.15) is 0 Å². The SMILES string of the molecule is CN(CC(=O)[Se]c1ccccc1)C1CC=C(C#N)CC1. The molecule has 1 atom stereocenters. The van der Waals surface area contributed by atoms with E-state index in [0.29, 0.717) is 17.3 Å². The van der Waals surface area contributed by atoms with E-state index in [0.717, 1.165) is 29.3 Å². The molecule has 1 aromatic rings. The third-order valence-corrected chi connectivity index (χ3v) is 5.32. The zero-order valence-electron chi connectivity index (χ0n) is 11.6. The first-order valence-corrected chi connectivity index (χ1v) is 8.45. The van der Waals surface area contributed by atoms with Gasteiger partial charge in [0.25, 0.3) is 0 Å². The van der Waals surface area contributed by atoms with E-state index in [1.54, 1.807) is 0 Å². The molecule has 0 aliphatic heterocycles. The van der Waals surface area contributed by atoms with Gasteiger partial charge in [0.15, 0.2) is 0 Å². The molecule has 0 spiro atoms. The molecule has 20 heavy (non-hydrogen) atoms. The van der Waals surface area contributed by atoms with Crippen LogP contribution in [0.4, 0.5) is 0 Å². The molecule has 0 saturated carbocycles. The van der Waals surface area contributed by atoms with E-state index in [4.69, 9.17) is 5.26 Å². The maximum atomic E-state index is 12.1. The topological polar surface area (TPSA) is 44.1 Å². The monoisotopic (exact) mass is 334 g/mol. The van der Waals surface area contributed by atoms with Crippen LogP contribution in [-0.2, 0) is 4.79 Å². The van der Waals surface area contributed by atoms with Gasteiger partial charge in [-0.2, -0.15) is 0 Å². The van der Waals surface area contributed by atoms with Crippen LogP contribution in [0.5, 0.6) is 0 Å². The Labute approximate surface area is 126 Å². The Hall–Kier alpha value is -1.40. The van der Waals surface area contributed by atoms with E-state index < -0.39 is 0 Å². The molecule has 1 aromatic carbocycles. The Bertz CT molecular complexity index is 533. The Morgan fingerprint density at radius 1 is 1.45 bits per heavy atom. The summed E-state index contributed by atoms with van der Waals surface area (Å²) in [6.45, 7) is 0.509. The molecule has 3 nitrogen and oxygen atoms in total. The Morgan fingerprint density at radius 2 is 2.20 bits per heavy atom. The van der Waals surface area contributed by atoms with Crippen LogP contribution in [0.15, 0.2) is 42.0 Å². The second kappa shape index (κ2) is 7.40.